The van der Waals surface area contributed by atoms with Crippen LogP contribution in [0.1, 0.15) is 252 Å². The standard InChI is InChI=1S/C57H98O6/c1-4-7-10-13-15-17-19-20-21-22-23-24-25-26-27-28-29-30-31-32-33-34-35-36-38-39-41-44-47-50-56(59)62-53-54(52-61-55(58)49-46-43-12-9-6-3)63-57(60)51-48-45-42-40-37-18-16-14-11-8-5-2/h7,10,14-17,20-21,23-24,26-27,54H,4-6,8-9,11-13,18-19,22,25,28-53H2,1-3H3/b10-7-,16-14-,17-15-,21-20-,24-23-,27-26-. The number of hydrogen-bond acceptors (Lipinski definition) is 6. The molecule has 0 aromatic carbocycles. The summed E-state index contributed by atoms with van der Waals surface area (Å²) in [5.74, 6) is -0.902. The van der Waals surface area contributed by atoms with Gasteiger partial charge in [-0.2, -0.15) is 0 Å². The lowest BCUT2D eigenvalue weighted by Crippen LogP contribution is -2.30. The van der Waals surface area contributed by atoms with Gasteiger partial charge in [0.15, 0.2) is 6.10 Å². The maximum absolute atomic E-state index is 12.7. The van der Waals surface area contributed by atoms with E-state index in [9.17, 15) is 14.4 Å². The van der Waals surface area contributed by atoms with Crippen molar-refractivity contribution in [2.24, 2.45) is 0 Å². The van der Waals surface area contributed by atoms with Crippen molar-refractivity contribution in [3.05, 3.63) is 72.9 Å². The maximum atomic E-state index is 12.7. The van der Waals surface area contributed by atoms with Crippen LogP contribution in [0.15, 0.2) is 72.9 Å². The lowest BCUT2D eigenvalue weighted by Gasteiger charge is -2.18. The van der Waals surface area contributed by atoms with Crippen molar-refractivity contribution in [3.8, 4) is 0 Å². The molecular formula is C57H98O6. The minimum Gasteiger partial charge on any atom is -0.462 e. The summed E-state index contributed by atoms with van der Waals surface area (Å²) >= 11 is 0. The van der Waals surface area contributed by atoms with E-state index in [1.165, 1.54) is 103 Å². The van der Waals surface area contributed by atoms with Crippen LogP contribution >= 0.6 is 0 Å². The number of ether oxygens (including phenoxy) is 3. The average molecular weight is 879 g/mol. The molecule has 0 heterocycles. The van der Waals surface area contributed by atoms with Gasteiger partial charge in [0, 0.05) is 19.3 Å². The summed E-state index contributed by atoms with van der Waals surface area (Å²) in [5.41, 5.74) is 0. The molecule has 0 aromatic rings. The molecule has 0 aliphatic carbocycles. The van der Waals surface area contributed by atoms with Gasteiger partial charge >= 0.3 is 17.9 Å². The van der Waals surface area contributed by atoms with Crippen LogP contribution in [-0.4, -0.2) is 37.2 Å². The topological polar surface area (TPSA) is 78.9 Å². The third-order valence-electron chi connectivity index (χ3n) is 11.2. The summed E-state index contributed by atoms with van der Waals surface area (Å²) < 4.78 is 16.6. The van der Waals surface area contributed by atoms with Crippen LogP contribution in [0.3, 0.4) is 0 Å². The van der Waals surface area contributed by atoms with Gasteiger partial charge < -0.3 is 14.2 Å². The quantitative estimate of drug-likeness (QED) is 0.0262. The molecule has 1 atom stereocenters. The molecule has 0 saturated carbocycles. The second-order valence-electron chi connectivity index (χ2n) is 17.4. The summed E-state index contributed by atoms with van der Waals surface area (Å²) in [7, 11) is 0. The number of hydrogen-bond donors (Lipinski definition) is 0. The summed E-state index contributed by atoms with van der Waals surface area (Å²) in [6.45, 7) is 6.39. The van der Waals surface area contributed by atoms with Gasteiger partial charge in [0.2, 0.25) is 0 Å². The normalized spacial score (nSPS) is 12.6. The van der Waals surface area contributed by atoms with Gasteiger partial charge in [-0.25, -0.2) is 0 Å². The Kier molecular flexibility index (Phi) is 48.9. The number of allylic oxidation sites excluding steroid dienone is 12. The van der Waals surface area contributed by atoms with E-state index in [4.69, 9.17) is 14.2 Å². The fraction of sp³-hybridized carbons (Fsp3) is 0.737. The van der Waals surface area contributed by atoms with E-state index in [2.05, 4.69) is 93.7 Å². The molecule has 0 aliphatic heterocycles. The SMILES string of the molecule is CC/C=C\C/C=C\C/C=C\C/C=C\C/C=C\CCCCCCCCCCCCCCCC(=O)OCC(COC(=O)CCCCCCC)OC(=O)CCCCCCC/C=C\CCCC. The Hall–Kier alpha value is -3.15. The van der Waals surface area contributed by atoms with Gasteiger partial charge in [0.25, 0.3) is 0 Å². The summed E-state index contributed by atoms with van der Waals surface area (Å²) in [5, 5.41) is 0. The van der Waals surface area contributed by atoms with Crippen LogP contribution in [0.25, 0.3) is 0 Å². The second kappa shape index (κ2) is 51.5. The highest BCUT2D eigenvalue weighted by Crippen LogP contribution is 2.15. The molecule has 362 valence electrons. The molecule has 0 amide bonds. The first kappa shape index (κ1) is 59.9. The molecule has 6 heteroatoms. The van der Waals surface area contributed by atoms with E-state index < -0.39 is 6.10 Å². The van der Waals surface area contributed by atoms with Crippen molar-refractivity contribution in [1.29, 1.82) is 0 Å². The number of esters is 3. The van der Waals surface area contributed by atoms with Crippen LogP contribution in [0.5, 0.6) is 0 Å². The van der Waals surface area contributed by atoms with Gasteiger partial charge in [0.1, 0.15) is 13.2 Å². The van der Waals surface area contributed by atoms with Crippen molar-refractivity contribution in [2.45, 2.75) is 258 Å². The summed E-state index contributed by atoms with van der Waals surface area (Å²) in [4.78, 5) is 37.6. The molecule has 63 heavy (non-hydrogen) atoms. The molecule has 0 bridgehead atoms. The Balaban J connectivity index is 3.99. The van der Waals surface area contributed by atoms with Crippen molar-refractivity contribution >= 4 is 17.9 Å². The highest BCUT2D eigenvalue weighted by molar-refractivity contribution is 5.71. The van der Waals surface area contributed by atoms with Crippen LogP contribution in [0.2, 0.25) is 0 Å². The fourth-order valence-corrected chi connectivity index (χ4v) is 7.21. The van der Waals surface area contributed by atoms with Crippen LogP contribution < -0.4 is 0 Å². The van der Waals surface area contributed by atoms with E-state index in [-0.39, 0.29) is 31.1 Å². The first-order valence-corrected chi connectivity index (χ1v) is 26.4. The average Bonchev–Trinajstić information content (AvgIpc) is 3.28. The molecule has 0 fully saturated rings. The highest BCUT2D eigenvalue weighted by atomic mass is 16.6. The van der Waals surface area contributed by atoms with Crippen LogP contribution in [0, 0.1) is 0 Å². The molecular weight excluding hydrogens is 781 g/mol. The Morgan fingerprint density at radius 1 is 0.333 bits per heavy atom. The van der Waals surface area contributed by atoms with Crippen molar-refractivity contribution in [2.75, 3.05) is 13.2 Å². The minimum absolute atomic E-state index is 0.0781. The number of rotatable bonds is 47. The number of carbonyl (C=O) groups excluding carboxylic acids is 3. The number of carbonyl (C=O) groups is 3. The molecule has 6 nitrogen and oxygen atoms in total. The fourth-order valence-electron chi connectivity index (χ4n) is 7.21. The molecule has 1 unspecified atom stereocenters. The largest absolute Gasteiger partial charge is 0.462 e. The molecule has 0 radical (unpaired) electrons. The van der Waals surface area contributed by atoms with Gasteiger partial charge in [-0.1, -0.05) is 222 Å². The Labute approximate surface area is 389 Å². The van der Waals surface area contributed by atoms with Crippen LogP contribution in [0.4, 0.5) is 0 Å². The molecule has 0 rings (SSSR count). The highest BCUT2D eigenvalue weighted by Gasteiger charge is 2.19. The predicted molar refractivity (Wildman–Crippen MR) is 270 cm³/mol. The molecule has 0 aromatic heterocycles. The molecule has 0 N–H and O–H groups in total. The lowest BCUT2D eigenvalue weighted by molar-refractivity contribution is -0.167. The number of unbranched alkanes of at least 4 members (excludes halogenated alkanes) is 24. The molecule has 0 aliphatic rings. The van der Waals surface area contributed by atoms with Gasteiger partial charge in [0.05, 0.1) is 0 Å². The predicted octanol–water partition coefficient (Wildman–Crippen LogP) is 17.4. The minimum atomic E-state index is -0.773. The van der Waals surface area contributed by atoms with Crippen molar-refractivity contribution < 1.29 is 28.6 Å². The second-order valence-corrected chi connectivity index (χ2v) is 17.4. The smallest absolute Gasteiger partial charge is 0.306 e. The lowest BCUT2D eigenvalue weighted by atomic mass is 10.0. The van der Waals surface area contributed by atoms with Crippen molar-refractivity contribution in [3.63, 3.8) is 0 Å². The summed E-state index contributed by atoms with van der Waals surface area (Å²) in [6.07, 6.45) is 65.1. The van der Waals surface area contributed by atoms with E-state index in [1.54, 1.807) is 0 Å². The zero-order chi connectivity index (χ0) is 45.8. The van der Waals surface area contributed by atoms with Crippen molar-refractivity contribution in [1.82, 2.24) is 0 Å². The zero-order valence-corrected chi connectivity index (χ0v) is 41.3. The van der Waals surface area contributed by atoms with Gasteiger partial charge in [-0.15, -0.1) is 0 Å². The van der Waals surface area contributed by atoms with Crippen LogP contribution in [-0.2, 0) is 28.6 Å². The van der Waals surface area contributed by atoms with E-state index >= 15 is 0 Å². The Morgan fingerprint density at radius 3 is 1.03 bits per heavy atom. The van der Waals surface area contributed by atoms with E-state index in [1.807, 2.05) is 0 Å². The van der Waals surface area contributed by atoms with Gasteiger partial charge in [-0.05, 0) is 83.5 Å². The first-order chi connectivity index (χ1) is 31.0. The zero-order valence-electron chi connectivity index (χ0n) is 41.3. The van der Waals surface area contributed by atoms with E-state index in [0.29, 0.717) is 19.3 Å². The maximum Gasteiger partial charge on any atom is 0.306 e. The third-order valence-corrected chi connectivity index (χ3v) is 11.2. The Morgan fingerprint density at radius 2 is 0.635 bits per heavy atom. The van der Waals surface area contributed by atoms with Gasteiger partial charge in [-0.3, -0.25) is 14.4 Å². The third kappa shape index (κ3) is 49.7. The van der Waals surface area contributed by atoms with E-state index in [0.717, 1.165) is 109 Å². The molecule has 0 spiro atoms. The summed E-state index contributed by atoms with van der Waals surface area (Å²) in [6, 6.07) is 0. The first-order valence-electron chi connectivity index (χ1n) is 26.4. The Bertz CT molecular complexity index is 1190. The molecule has 0 saturated heterocycles. The monoisotopic (exact) mass is 879 g/mol.